The van der Waals surface area contributed by atoms with Crippen molar-refractivity contribution < 1.29 is 9.47 Å². The first-order chi connectivity index (χ1) is 6.17. The van der Waals surface area contributed by atoms with E-state index in [0.29, 0.717) is 11.8 Å². The van der Waals surface area contributed by atoms with Gasteiger partial charge in [0.15, 0.2) is 5.79 Å². The first-order valence-electron chi connectivity index (χ1n) is 4.80. The Balaban J connectivity index is 2.09. The van der Waals surface area contributed by atoms with Gasteiger partial charge >= 0.3 is 0 Å². The van der Waals surface area contributed by atoms with Gasteiger partial charge in [-0.15, -0.1) is 0 Å². The lowest BCUT2D eigenvalue weighted by molar-refractivity contribution is -0.201. The Morgan fingerprint density at radius 1 is 1.00 bits per heavy atom. The quantitative estimate of drug-likeness (QED) is 0.568. The van der Waals surface area contributed by atoms with E-state index >= 15 is 0 Å². The Labute approximate surface area is 79.2 Å². The summed E-state index contributed by atoms with van der Waals surface area (Å²) in [7, 11) is 0. The van der Waals surface area contributed by atoms with Crippen molar-refractivity contribution in [2.75, 3.05) is 13.2 Å². The molecule has 72 valence electrons. The number of ether oxygens (including phenoxy) is 2. The molecule has 0 aromatic carbocycles. The lowest BCUT2D eigenvalue weighted by Crippen LogP contribution is -2.27. The highest BCUT2D eigenvalue weighted by molar-refractivity contribution is 5.14. The van der Waals surface area contributed by atoms with E-state index < -0.39 is 5.79 Å². The van der Waals surface area contributed by atoms with Crippen molar-refractivity contribution in [3.8, 4) is 0 Å². The maximum Gasteiger partial charge on any atom is 0.162 e. The van der Waals surface area contributed by atoms with Gasteiger partial charge in [-0.3, -0.25) is 0 Å². The summed E-state index contributed by atoms with van der Waals surface area (Å²) < 4.78 is 11.3. The molecule has 1 aliphatic carbocycles. The third-order valence-corrected chi connectivity index (χ3v) is 2.62. The third kappa shape index (κ3) is 2.01. The average Bonchev–Trinajstić information content (AvgIpc) is 2.27. The molecule has 0 spiro atoms. The van der Waals surface area contributed by atoms with Gasteiger partial charge in [0, 0.05) is 11.8 Å². The topological polar surface area (TPSA) is 18.5 Å². The smallest absolute Gasteiger partial charge is 0.162 e. The van der Waals surface area contributed by atoms with Gasteiger partial charge in [0.25, 0.3) is 0 Å². The van der Waals surface area contributed by atoms with E-state index in [9.17, 15) is 0 Å². The van der Waals surface area contributed by atoms with Gasteiger partial charge in [0.2, 0.25) is 0 Å². The molecule has 2 aliphatic rings. The van der Waals surface area contributed by atoms with E-state index in [4.69, 9.17) is 9.47 Å². The van der Waals surface area contributed by atoms with Crippen molar-refractivity contribution in [2.45, 2.75) is 19.6 Å². The van der Waals surface area contributed by atoms with Gasteiger partial charge in [-0.2, -0.15) is 0 Å². The highest BCUT2D eigenvalue weighted by atomic mass is 16.7. The molecule has 0 N–H and O–H groups in total. The summed E-state index contributed by atoms with van der Waals surface area (Å²) >= 11 is 0. The van der Waals surface area contributed by atoms with Crippen LogP contribution >= 0.6 is 0 Å². The molecule has 1 heterocycles. The minimum absolute atomic E-state index is 0.418. The minimum Gasteiger partial charge on any atom is -0.350 e. The van der Waals surface area contributed by atoms with Crippen molar-refractivity contribution in [3.63, 3.8) is 0 Å². The van der Waals surface area contributed by atoms with Crippen molar-refractivity contribution in [1.29, 1.82) is 0 Å². The van der Waals surface area contributed by atoms with E-state index in [0.717, 1.165) is 13.2 Å². The van der Waals surface area contributed by atoms with Crippen LogP contribution in [0.4, 0.5) is 0 Å². The second-order valence-corrected chi connectivity index (χ2v) is 4.12. The van der Waals surface area contributed by atoms with Crippen LogP contribution in [0.2, 0.25) is 0 Å². The molecule has 2 rings (SSSR count). The Morgan fingerprint density at radius 2 is 1.46 bits per heavy atom. The fraction of sp³-hybridized carbons (Fsp3) is 0.636. The molecule has 1 saturated heterocycles. The SMILES string of the molecule is CC1(C)OCC2C=CC=CC2CO1. The van der Waals surface area contributed by atoms with Crippen LogP contribution in [0.3, 0.4) is 0 Å². The molecule has 13 heavy (non-hydrogen) atoms. The van der Waals surface area contributed by atoms with Crippen LogP contribution in [-0.2, 0) is 9.47 Å². The molecule has 0 radical (unpaired) electrons. The number of allylic oxidation sites excluding steroid dienone is 2. The standard InChI is InChI=1S/C11H16O2/c1-11(2)12-7-9-5-3-4-6-10(9)8-13-11/h3-6,9-10H,7-8H2,1-2H3. The average molecular weight is 180 g/mol. The van der Waals surface area contributed by atoms with Crippen LogP contribution < -0.4 is 0 Å². The maximum absolute atomic E-state index is 5.65. The molecule has 2 unspecified atom stereocenters. The van der Waals surface area contributed by atoms with Crippen LogP contribution in [0, 0.1) is 11.8 Å². The molecule has 0 aromatic heterocycles. The Bertz CT molecular complexity index is 216. The summed E-state index contributed by atoms with van der Waals surface area (Å²) in [5.74, 6) is 0.567. The lowest BCUT2D eigenvalue weighted by atomic mass is 9.90. The minimum atomic E-state index is -0.418. The Hall–Kier alpha value is -0.600. The van der Waals surface area contributed by atoms with Gasteiger partial charge in [-0.05, 0) is 13.8 Å². The summed E-state index contributed by atoms with van der Waals surface area (Å²) in [6, 6.07) is 0. The van der Waals surface area contributed by atoms with Gasteiger partial charge in [0.1, 0.15) is 0 Å². The van der Waals surface area contributed by atoms with Crippen molar-refractivity contribution in [2.24, 2.45) is 11.8 Å². The molecule has 1 fully saturated rings. The molecular weight excluding hydrogens is 164 g/mol. The van der Waals surface area contributed by atoms with Crippen LogP contribution in [0.1, 0.15) is 13.8 Å². The highest BCUT2D eigenvalue weighted by Crippen LogP contribution is 2.28. The van der Waals surface area contributed by atoms with E-state index in [2.05, 4.69) is 24.3 Å². The first kappa shape index (κ1) is 8.97. The van der Waals surface area contributed by atoms with E-state index in [-0.39, 0.29) is 0 Å². The van der Waals surface area contributed by atoms with Crippen LogP contribution in [0.5, 0.6) is 0 Å². The van der Waals surface area contributed by atoms with Crippen molar-refractivity contribution in [3.05, 3.63) is 24.3 Å². The number of fused-ring (bicyclic) bond motifs is 1. The lowest BCUT2D eigenvalue weighted by Gasteiger charge is -2.22. The zero-order valence-corrected chi connectivity index (χ0v) is 8.19. The molecule has 0 amide bonds. The van der Waals surface area contributed by atoms with Gasteiger partial charge in [-0.1, -0.05) is 24.3 Å². The molecule has 0 aromatic rings. The van der Waals surface area contributed by atoms with E-state index in [1.807, 2.05) is 13.8 Å². The molecular formula is C11H16O2. The number of hydrogen-bond acceptors (Lipinski definition) is 2. The summed E-state index contributed by atoms with van der Waals surface area (Å²) in [5, 5.41) is 0. The van der Waals surface area contributed by atoms with Gasteiger partial charge < -0.3 is 9.47 Å². The van der Waals surface area contributed by atoms with Crippen molar-refractivity contribution in [1.82, 2.24) is 0 Å². The normalized spacial score (nSPS) is 36.8. The van der Waals surface area contributed by atoms with Gasteiger partial charge in [-0.25, -0.2) is 0 Å². The fourth-order valence-electron chi connectivity index (χ4n) is 1.69. The highest BCUT2D eigenvalue weighted by Gasteiger charge is 2.30. The van der Waals surface area contributed by atoms with E-state index in [1.165, 1.54) is 0 Å². The van der Waals surface area contributed by atoms with Crippen LogP contribution in [-0.4, -0.2) is 19.0 Å². The molecule has 1 aliphatic heterocycles. The Morgan fingerprint density at radius 3 is 1.92 bits per heavy atom. The van der Waals surface area contributed by atoms with Crippen LogP contribution in [0.25, 0.3) is 0 Å². The predicted octanol–water partition coefficient (Wildman–Crippen LogP) is 2.13. The predicted molar refractivity (Wildman–Crippen MR) is 51.2 cm³/mol. The number of hydrogen-bond donors (Lipinski definition) is 0. The van der Waals surface area contributed by atoms with Gasteiger partial charge in [0.05, 0.1) is 13.2 Å². The summed E-state index contributed by atoms with van der Waals surface area (Å²) in [4.78, 5) is 0. The largest absolute Gasteiger partial charge is 0.350 e. The zero-order valence-electron chi connectivity index (χ0n) is 8.19. The molecule has 0 bridgehead atoms. The van der Waals surface area contributed by atoms with Crippen LogP contribution in [0.15, 0.2) is 24.3 Å². The fourth-order valence-corrected chi connectivity index (χ4v) is 1.69. The van der Waals surface area contributed by atoms with E-state index in [1.54, 1.807) is 0 Å². The summed E-state index contributed by atoms with van der Waals surface area (Å²) in [5.41, 5.74) is 0. The molecule has 2 heteroatoms. The number of rotatable bonds is 0. The summed E-state index contributed by atoms with van der Waals surface area (Å²) in [6.07, 6.45) is 8.58. The second-order valence-electron chi connectivity index (χ2n) is 4.12. The van der Waals surface area contributed by atoms with Crippen molar-refractivity contribution >= 4 is 0 Å². The first-order valence-corrected chi connectivity index (χ1v) is 4.80. The molecule has 0 saturated carbocycles. The molecule has 2 atom stereocenters. The maximum atomic E-state index is 5.65. The third-order valence-electron chi connectivity index (χ3n) is 2.62. The molecule has 2 nitrogen and oxygen atoms in total. The zero-order chi connectivity index (χ0) is 9.31. The monoisotopic (exact) mass is 180 g/mol. The second kappa shape index (κ2) is 3.28. The Kier molecular flexibility index (Phi) is 2.26. The summed E-state index contributed by atoms with van der Waals surface area (Å²) in [6.45, 7) is 5.46.